The van der Waals surface area contributed by atoms with Crippen molar-refractivity contribution in [3.05, 3.63) is 23.8 Å². The fourth-order valence-electron chi connectivity index (χ4n) is 5.22. The van der Waals surface area contributed by atoms with E-state index in [0.717, 1.165) is 0 Å². The van der Waals surface area contributed by atoms with Crippen molar-refractivity contribution >= 4 is 17.6 Å². The van der Waals surface area contributed by atoms with Crippen LogP contribution in [0.2, 0.25) is 0 Å². The Morgan fingerprint density at radius 2 is 1.64 bits per heavy atom. The Hall–Kier alpha value is -2.68. The molecule has 2 fully saturated rings. The zero-order chi connectivity index (χ0) is 32.6. The largest absolute Gasteiger partial charge is 0.507 e. The van der Waals surface area contributed by atoms with Gasteiger partial charge in [-0.25, -0.2) is 9.59 Å². The second kappa shape index (κ2) is 16.6. The molecule has 44 heavy (non-hydrogen) atoms. The van der Waals surface area contributed by atoms with Crippen LogP contribution < -0.4 is 16.4 Å². The summed E-state index contributed by atoms with van der Waals surface area (Å²) in [6, 6.07) is 2.23. The molecule has 11 unspecified atom stereocenters. The first-order valence-corrected chi connectivity index (χ1v) is 14.0. The van der Waals surface area contributed by atoms with E-state index in [1.165, 1.54) is 25.1 Å². The number of nitrogen functional groups attached to an aromatic ring is 1. The number of benzene rings is 1. The SMILES string of the molecule is CNC1C(O)OC(CO)C(COCC2OC(CO)C(O)C(OC(C)C(=O)OCOC(=O)c3cc(N)ccc3O)C2NC)C1O. The van der Waals surface area contributed by atoms with Crippen LogP contribution in [-0.2, 0) is 33.2 Å². The van der Waals surface area contributed by atoms with Gasteiger partial charge in [-0.15, -0.1) is 0 Å². The molecule has 11 atom stereocenters. The number of nitrogens with one attached hydrogen (secondary N) is 2. The maximum Gasteiger partial charge on any atom is 0.344 e. The van der Waals surface area contributed by atoms with Crippen LogP contribution >= 0.6 is 0 Å². The lowest BCUT2D eigenvalue weighted by Crippen LogP contribution is -2.65. The summed E-state index contributed by atoms with van der Waals surface area (Å²) in [5.74, 6) is -2.99. The smallest absolute Gasteiger partial charge is 0.344 e. The van der Waals surface area contributed by atoms with Gasteiger partial charge in [0.25, 0.3) is 0 Å². The lowest BCUT2D eigenvalue weighted by atomic mass is 9.88. The zero-order valence-corrected chi connectivity index (χ0v) is 24.6. The summed E-state index contributed by atoms with van der Waals surface area (Å²) in [7, 11) is 3.11. The van der Waals surface area contributed by atoms with E-state index < -0.39 is 99.0 Å². The number of carbonyl (C=O) groups excluding carboxylic acids is 2. The molecule has 2 aliphatic heterocycles. The van der Waals surface area contributed by atoms with E-state index in [1.54, 1.807) is 14.1 Å². The van der Waals surface area contributed by atoms with E-state index in [0.29, 0.717) is 0 Å². The standard InChI is InChI=1S/C27H43N3O14/c1-12(25(36)40-11-41-26(37)14-6-13(28)4-5-16(14)33)42-24-20(29-2)19(43-18(8-32)23(24)35)10-39-9-15-17(7-31)44-27(38)21(30-3)22(15)34/h4-6,12,15,17-24,27,29-35,38H,7-11,28H2,1-3H3. The summed E-state index contributed by atoms with van der Waals surface area (Å²) in [5.41, 5.74) is 5.61. The average Bonchev–Trinajstić information content (AvgIpc) is 3.00. The first kappa shape index (κ1) is 35.8. The third-order valence-electron chi connectivity index (χ3n) is 7.67. The summed E-state index contributed by atoms with van der Waals surface area (Å²) in [5, 5.41) is 66.7. The van der Waals surface area contributed by atoms with Gasteiger partial charge in [0.2, 0.25) is 6.79 Å². The van der Waals surface area contributed by atoms with Gasteiger partial charge in [-0.1, -0.05) is 0 Å². The number of phenolic OH excluding ortho intramolecular Hbond substituents is 1. The number of aromatic hydroxyl groups is 1. The van der Waals surface area contributed by atoms with E-state index in [4.69, 9.17) is 34.2 Å². The van der Waals surface area contributed by atoms with Gasteiger partial charge in [-0.2, -0.15) is 0 Å². The monoisotopic (exact) mass is 633 g/mol. The molecule has 0 spiro atoms. The van der Waals surface area contributed by atoms with Gasteiger partial charge in [0.15, 0.2) is 12.4 Å². The second-order valence-electron chi connectivity index (χ2n) is 10.5. The van der Waals surface area contributed by atoms with Gasteiger partial charge < -0.3 is 75.4 Å². The lowest BCUT2D eigenvalue weighted by Gasteiger charge is -2.45. The number of esters is 2. The van der Waals surface area contributed by atoms with Gasteiger partial charge >= 0.3 is 11.9 Å². The molecule has 17 nitrogen and oxygen atoms in total. The lowest BCUT2D eigenvalue weighted by molar-refractivity contribution is -0.250. The Balaban J connectivity index is 1.58. The maximum atomic E-state index is 12.6. The Labute approximate surface area is 253 Å². The Bertz CT molecular complexity index is 1080. The van der Waals surface area contributed by atoms with E-state index in [-0.39, 0.29) is 30.2 Å². The number of anilines is 1. The molecular formula is C27H43N3O14. The van der Waals surface area contributed by atoms with Crippen molar-refractivity contribution in [1.82, 2.24) is 10.6 Å². The van der Waals surface area contributed by atoms with Crippen molar-refractivity contribution in [2.45, 2.75) is 68.0 Å². The van der Waals surface area contributed by atoms with Crippen LogP contribution in [0.1, 0.15) is 17.3 Å². The van der Waals surface area contributed by atoms with Crippen molar-refractivity contribution < 1.29 is 68.6 Å². The van der Waals surface area contributed by atoms with Crippen molar-refractivity contribution in [2.24, 2.45) is 5.92 Å². The molecule has 3 rings (SSSR count). The van der Waals surface area contributed by atoms with E-state index in [2.05, 4.69) is 10.6 Å². The number of ether oxygens (including phenoxy) is 6. The van der Waals surface area contributed by atoms with Crippen molar-refractivity contribution in [3.8, 4) is 5.75 Å². The van der Waals surface area contributed by atoms with Crippen LogP contribution in [0.3, 0.4) is 0 Å². The highest BCUT2D eigenvalue weighted by molar-refractivity contribution is 5.93. The van der Waals surface area contributed by atoms with Crippen LogP contribution in [0, 0.1) is 5.92 Å². The minimum Gasteiger partial charge on any atom is -0.507 e. The fraction of sp³-hybridized carbons (Fsp3) is 0.704. The van der Waals surface area contributed by atoms with E-state index >= 15 is 0 Å². The van der Waals surface area contributed by atoms with Gasteiger partial charge in [0.05, 0.1) is 56.8 Å². The summed E-state index contributed by atoms with van der Waals surface area (Å²) in [6.45, 7) is -0.701. The molecule has 2 heterocycles. The first-order valence-electron chi connectivity index (χ1n) is 14.0. The molecular weight excluding hydrogens is 590 g/mol. The molecule has 10 N–H and O–H groups in total. The van der Waals surface area contributed by atoms with Gasteiger partial charge in [-0.3, -0.25) is 0 Å². The number of aliphatic hydroxyl groups is 5. The number of likely N-dealkylation sites (N-methyl/N-ethyl adjacent to an activating group) is 2. The molecule has 2 aliphatic rings. The molecule has 1 aromatic carbocycles. The van der Waals surface area contributed by atoms with Crippen LogP contribution in [0.5, 0.6) is 5.75 Å². The molecule has 0 aliphatic carbocycles. The van der Waals surface area contributed by atoms with Crippen molar-refractivity contribution in [2.75, 3.05) is 53.0 Å². The van der Waals surface area contributed by atoms with E-state index in [1.807, 2.05) is 0 Å². The second-order valence-corrected chi connectivity index (χ2v) is 10.5. The number of hydrogen-bond acceptors (Lipinski definition) is 17. The molecule has 0 radical (unpaired) electrons. The Morgan fingerprint density at radius 1 is 0.955 bits per heavy atom. The van der Waals surface area contributed by atoms with Crippen molar-refractivity contribution in [1.29, 1.82) is 0 Å². The Morgan fingerprint density at radius 3 is 2.27 bits per heavy atom. The predicted molar refractivity (Wildman–Crippen MR) is 149 cm³/mol. The van der Waals surface area contributed by atoms with Crippen LogP contribution in [-0.4, -0.2) is 151 Å². The predicted octanol–water partition coefficient (Wildman–Crippen LogP) is -3.59. The fourth-order valence-corrected chi connectivity index (χ4v) is 5.22. The number of rotatable bonds is 14. The number of phenols is 1. The van der Waals surface area contributed by atoms with Gasteiger partial charge in [0, 0.05) is 11.6 Å². The highest BCUT2D eigenvalue weighted by Crippen LogP contribution is 2.28. The average molecular weight is 634 g/mol. The van der Waals surface area contributed by atoms with Crippen LogP contribution in [0.15, 0.2) is 18.2 Å². The third kappa shape index (κ3) is 8.52. The normalized spacial score (nSPS) is 33.0. The van der Waals surface area contributed by atoms with Gasteiger partial charge in [0.1, 0.15) is 29.6 Å². The molecule has 17 heteroatoms. The van der Waals surface area contributed by atoms with E-state index in [9.17, 15) is 40.2 Å². The highest BCUT2D eigenvalue weighted by atomic mass is 16.7. The minimum atomic E-state index is -1.38. The highest BCUT2D eigenvalue weighted by Gasteiger charge is 2.47. The molecule has 0 saturated carbocycles. The quantitative estimate of drug-likeness (QED) is 0.0415. The number of hydrogen-bond donors (Lipinski definition) is 9. The molecule has 0 aromatic heterocycles. The number of aliphatic hydroxyl groups excluding tert-OH is 5. The minimum absolute atomic E-state index is 0.0970. The summed E-state index contributed by atoms with van der Waals surface area (Å²) >= 11 is 0. The molecule has 0 bridgehead atoms. The first-order chi connectivity index (χ1) is 21.0. The summed E-state index contributed by atoms with van der Waals surface area (Å²) in [4.78, 5) is 24.8. The summed E-state index contributed by atoms with van der Waals surface area (Å²) in [6.07, 6.45) is -9.02. The number of nitrogens with two attached hydrogens (primary N) is 1. The molecule has 2 saturated heterocycles. The van der Waals surface area contributed by atoms with Crippen molar-refractivity contribution in [3.63, 3.8) is 0 Å². The maximum absolute atomic E-state index is 12.6. The third-order valence-corrected chi connectivity index (χ3v) is 7.67. The van der Waals surface area contributed by atoms with Crippen LogP contribution in [0.4, 0.5) is 5.69 Å². The Kier molecular flexibility index (Phi) is 13.5. The molecule has 0 amide bonds. The van der Waals surface area contributed by atoms with Gasteiger partial charge in [-0.05, 0) is 39.2 Å². The van der Waals surface area contributed by atoms with Crippen LogP contribution in [0.25, 0.3) is 0 Å². The zero-order valence-electron chi connectivity index (χ0n) is 24.6. The topological polar surface area (TPSA) is 261 Å². The molecule has 250 valence electrons. The summed E-state index contributed by atoms with van der Waals surface area (Å²) < 4.78 is 32.7. The number of carbonyl (C=O) groups is 2. The molecule has 1 aromatic rings.